The van der Waals surface area contributed by atoms with Crippen LogP contribution in [0.5, 0.6) is 0 Å². The summed E-state index contributed by atoms with van der Waals surface area (Å²) < 4.78 is 12.3. The predicted octanol–water partition coefficient (Wildman–Crippen LogP) is 1.05. The largest absolute Gasteiger partial charge is 0.372 e. The lowest BCUT2D eigenvalue weighted by atomic mass is 9.94. The molecule has 0 fully saturated rings. The third-order valence-corrected chi connectivity index (χ3v) is 3.53. The number of rotatable bonds is 2. The summed E-state index contributed by atoms with van der Waals surface area (Å²) in [4.78, 5) is 25.9. The Labute approximate surface area is 114 Å². The maximum atomic E-state index is 12.1. The Morgan fingerprint density at radius 1 is 1.15 bits per heavy atom. The summed E-state index contributed by atoms with van der Waals surface area (Å²) >= 11 is 0. The first kappa shape index (κ1) is 12.8. The van der Waals surface area contributed by atoms with Gasteiger partial charge in [0.05, 0.1) is 5.69 Å². The quantitative estimate of drug-likeness (QED) is 0.888. The topological polar surface area (TPSA) is 73.3 Å². The number of aromatic nitrogens is 2. The summed E-state index contributed by atoms with van der Waals surface area (Å²) in [5.74, 6) is 0. The highest BCUT2D eigenvalue weighted by Crippen LogP contribution is 2.41. The first-order valence-electron chi connectivity index (χ1n) is 6.18. The Bertz CT molecular complexity index is 762. The lowest BCUT2D eigenvalue weighted by molar-refractivity contribution is -0.0833. The van der Waals surface area contributed by atoms with Gasteiger partial charge in [-0.15, -0.1) is 0 Å². The molecular formula is C14H14N2O4. The van der Waals surface area contributed by atoms with E-state index in [2.05, 4.69) is 4.98 Å². The molecule has 2 aromatic rings. The van der Waals surface area contributed by atoms with Crippen molar-refractivity contribution in [3.8, 4) is 11.3 Å². The molecule has 6 nitrogen and oxygen atoms in total. The lowest BCUT2D eigenvalue weighted by Crippen LogP contribution is -2.39. The Balaban J connectivity index is 2.40. The van der Waals surface area contributed by atoms with Gasteiger partial charge in [0.25, 0.3) is 5.56 Å². The second-order valence-corrected chi connectivity index (χ2v) is 4.56. The Morgan fingerprint density at radius 3 is 2.60 bits per heavy atom. The molecule has 0 saturated heterocycles. The Kier molecular flexibility index (Phi) is 3.04. The molecule has 1 aromatic heterocycles. The number of benzene rings is 1. The molecule has 0 spiro atoms. The first-order chi connectivity index (χ1) is 9.67. The van der Waals surface area contributed by atoms with Crippen molar-refractivity contribution in [3.63, 3.8) is 0 Å². The zero-order chi connectivity index (χ0) is 14.3. The van der Waals surface area contributed by atoms with Crippen LogP contribution in [0.3, 0.4) is 0 Å². The van der Waals surface area contributed by atoms with Gasteiger partial charge in [0.15, 0.2) is 6.23 Å². The van der Waals surface area contributed by atoms with E-state index in [0.29, 0.717) is 5.69 Å². The molecule has 104 valence electrons. The average molecular weight is 274 g/mol. The summed E-state index contributed by atoms with van der Waals surface area (Å²) in [6.45, 7) is 0. The van der Waals surface area contributed by atoms with E-state index < -0.39 is 23.6 Å². The van der Waals surface area contributed by atoms with Crippen molar-refractivity contribution in [1.29, 1.82) is 0 Å². The van der Waals surface area contributed by atoms with Gasteiger partial charge in [-0.1, -0.05) is 24.3 Å². The van der Waals surface area contributed by atoms with E-state index in [9.17, 15) is 9.59 Å². The molecule has 2 heterocycles. The van der Waals surface area contributed by atoms with E-state index in [1.807, 2.05) is 24.3 Å². The van der Waals surface area contributed by atoms with Crippen molar-refractivity contribution in [2.75, 3.05) is 14.2 Å². The molecule has 0 radical (unpaired) electrons. The number of nitrogens with one attached hydrogen (secondary N) is 1. The number of methoxy groups -OCH3 is 2. The molecule has 1 aliphatic rings. The predicted molar refractivity (Wildman–Crippen MR) is 72.6 cm³/mol. The van der Waals surface area contributed by atoms with E-state index in [0.717, 1.165) is 11.1 Å². The lowest BCUT2D eigenvalue weighted by Gasteiger charge is -2.34. The number of ether oxygens (including phenoxy) is 2. The number of hydrogen-bond acceptors (Lipinski definition) is 4. The standard InChI is InChI=1S/C14H14N2O4/c1-19-12-9-6-4-3-5-8(9)10-7-11(17)15-14(18)16(10)13(12)20-2/h3-7,12-13H,1-2H3,(H,15,17,18). The number of nitrogens with zero attached hydrogens (tertiary/aromatic N) is 1. The summed E-state index contributed by atoms with van der Waals surface area (Å²) in [5, 5.41) is 0. The summed E-state index contributed by atoms with van der Waals surface area (Å²) in [5.41, 5.74) is 1.30. The minimum Gasteiger partial charge on any atom is -0.372 e. The van der Waals surface area contributed by atoms with Gasteiger partial charge in [-0.05, 0) is 5.56 Å². The van der Waals surface area contributed by atoms with Gasteiger partial charge in [0.1, 0.15) is 6.10 Å². The zero-order valence-electron chi connectivity index (χ0n) is 11.1. The minimum absolute atomic E-state index is 0.410. The van der Waals surface area contributed by atoms with Gasteiger partial charge in [-0.25, -0.2) is 4.79 Å². The minimum atomic E-state index is -0.616. The second kappa shape index (κ2) is 4.73. The summed E-state index contributed by atoms with van der Waals surface area (Å²) in [6.07, 6.45) is -1.03. The van der Waals surface area contributed by atoms with Crippen molar-refractivity contribution in [3.05, 3.63) is 56.7 Å². The third kappa shape index (κ3) is 1.73. The van der Waals surface area contributed by atoms with Crippen LogP contribution in [0.25, 0.3) is 11.3 Å². The van der Waals surface area contributed by atoms with Crippen LogP contribution < -0.4 is 11.2 Å². The van der Waals surface area contributed by atoms with Crippen LogP contribution in [0.2, 0.25) is 0 Å². The van der Waals surface area contributed by atoms with Crippen LogP contribution >= 0.6 is 0 Å². The van der Waals surface area contributed by atoms with Gasteiger partial charge >= 0.3 is 5.69 Å². The van der Waals surface area contributed by atoms with Crippen LogP contribution in [0.15, 0.2) is 39.9 Å². The van der Waals surface area contributed by atoms with Crippen LogP contribution in [0.4, 0.5) is 0 Å². The SMILES string of the molecule is COC1c2ccccc2-c2cc(=O)[nH]c(=O)n2C1OC. The maximum Gasteiger partial charge on any atom is 0.331 e. The average Bonchev–Trinajstić information content (AvgIpc) is 2.45. The Hall–Kier alpha value is -2.18. The number of aromatic amines is 1. The fourth-order valence-corrected chi connectivity index (χ4v) is 2.70. The van der Waals surface area contributed by atoms with Gasteiger partial charge in [0.2, 0.25) is 0 Å². The van der Waals surface area contributed by atoms with Crippen molar-refractivity contribution in [1.82, 2.24) is 9.55 Å². The molecule has 1 N–H and O–H groups in total. The molecule has 0 saturated carbocycles. The highest BCUT2D eigenvalue weighted by Gasteiger charge is 2.34. The monoisotopic (exact) mass is 274 g/mol. The number of hydrogen-bond donors (Lipinski definition) is 1. The molecule has 0 amide bonds. The summed E-state index contributed by atoms with van der Waals surface area (Å²) in [7, 11) is 3.07. The summed E-state index contributed by atoms with van der Waals surface area (Å²) in [6, 6.07) is 8.91. The van der Waals surface area contributed by atoms with Gasteiger partial charge in [-0.2, -0.15) is 0 Å². The zero-order valence-corrected chi connectivity index (χ0v) is 11.1. The molecule has 1 aliphatic heterocycles. The van der Waals surface area contributed by atoms with Crippen molar-refractivity contribution in [2.45, 2.75) is 12.3 Å². The molecule has 0 aliphatic carbocycles. The van der Waals surface area contributed by atoms with E-state index in [1.54, 1.807) is 7.11 Å². The molecule has 2 atom stereocenters. The van der Waals surface area contributed by atoms with Gasteiger partial charge < -0.3 is 9.47 Å². The van der Waals surface area contributed by atoms with E-state index in [-0.39, 0.29) is 0 Å². The Morgan fingerprint density at radius 2 is 1.90 bits per heavy atom. The first-order valence-corrected chi connectivity index (χ1v) is 6.18. The normalized spacial score (nSPS) is 20.3. The van der Waals surface area contributed by atoms with Crippen molar-refractivity contribution >= 4 is 0 Å². The smallest absolute Gasteiger partial charge is 0.331 e. The van der Waals surface area contributed by atoms with Gasteiger partial charge in [0, 0.05) is 25.8 Å². The molecule has 0 bridgehead atoms. The molecule has 6 heteroatoms. The maximum absolute atomic E-state index is 12.1. The molecule has 1 aromatic carbocycles. The number of H-pyrrole nitrogens is 1. The second-order valence-electron chi connectivity index (χ2n) is 4.56. The van der Waals surface area contributed by atoms with Crippen molar-refractivity contribution in [2.24, 2.45) is 0 Å². The molecule has 3 rings (SSSR count). The van der Waals surface area contributed by atoms with Crippen LogP contribution in [0.1, 0.15) is 17.9 Å². The van der Waals surface area contributed by atoms with Gasteiger partial charge in [-0.3, -0.25) is 14.3 Å². The third-order valence-electron chi connectivity index (χ3n) is 3.53. The molecule has 20 heavy (non-hydrogen) atoms. The fourth-order valence-electron chi connectivity index (χ4n) is 2.70. The highest BCUT2D eigenvalue weighted by molar-refractivity contribution is 5.66. The van der Waals surface area contributed by atoms with Crippen LogP contribution in [0, 0.1) is 0 Å². The number of fused-ring (bicyclic) bond motifs is 3. The van der Waals surface area contributed by atoms with E-state index in [4.69, 9.17) is 9.47 Å². The van der Waals surface area contributed by atoms with E-state index >= 15 is 0 Å². The van der Waals surface area contributed by atoms with Crippen molar-refractivity contribution < 1.29 is 9.47 Å². The van der Waals surface area contributed by atoms with E-state index in [1.165, 1.54) is 17.7 Å². The van der Waals surface area contributed by atoms with Crippen LogP contribution in [-0.2, 0) is 9.47 Å². The highest BCUT2D eigenvalue weighted by atomic mass is 16.5. The van der Waals surface area contributed by atoms with Crippen LogP contribution in [-0.4, -0.2) is 23.8 Å². The molecular weight excluding hydrogens is 260 g/mol. The fraction of sp³-hybridized carbons (Fsp3) is 0.286. The molecule has 2 unspecified atom stereocenters.